The van der Waals surface area contributed by atoms with Gasteiger partial charge in [-0.05, 0) is 12.1 Å². The van der Waals surface area contributed by atoms with Crippen molar-refractivity contribution in [3.05, 3.63) is 23.8 Å². The standard InChI is InChI=1S/C9H7F5O2/c1-15-6-2-5(8(10)11)3-7(4-6)16-9(12,13)14/h2-4,8H,1H3. The first kappa shape index (κ1) is 12.5. The van der Waals surface area contributed by atoms with Crippen molar-refractivity contribution < 1.29 is 31.4 Å². The van der Waals surface area contributed by atoms with Crippen molar-refractivity contribution in [2.45, 2.75) is 12.8 Å². The van der Waals surface area contributed by atoms with Crippen molar-refractivity contribution in [3.63, 3.8) is 0 Å². The molecule has 0 spiro atoms. The minimum Gasteiger partial charge on any atom is -0.497 e. The summed E-state index contributed by atoms with van der Waals surface area (Å²) in [5.41, 5.74) is -0.599. The first-order chi connectivity index (χ1) is 7.31. The zero-order chi connectivity index (χ0) is 12.3. The second-order valence-corrected chi connectivity index (χ2v) is 2.79. The minimum atomic E-state index is -4.92. The Morgan fingerprint density at radius 2 is 1.62 bits per heavy atom. The van der Waals surface area contributed by atoms with Gasteiger partial charge >= 0.3 is 6.36 Å². The van der Waals surface area contributed by atoms with E-state index in [1.54, 1.807) is 0 Å². The first-order valence-electron chi connectivity index (χ1n) is 4.04. The van der Waals surface area contributed by atoms with Gasteiger partial charge in [-0.15, -0.1) is 13.2 Å². The maximum atomic E-state index is 12.3. The summed E-state index contributed by atoms with van der Waals surface area (Å²) in [6, 6.07) is 2.42. The van der Waals surface area contributed by atoms with E-state index in [4.69, 9.17) is 0 Å². The molecule has 1 aromatic carbocycles. The molecule has 0 aliphatic rings. The van der Waals surface area contributed by atoms with Crippen LogP contribution in [-0.4, -0.2) is 13.5 Å². The van der Waals surface area contributed by atoms with E-state index in [0.717, 1.165) is 19.2 Å². The zero-order valence-electron chi connectivity index (χ0n) is 8.02. The number of rotatable bonds is 3. The highest BCUT2D eigenvalue weighted by Crippen LogP contribution is 2.31. The molecule has 0 fully saturated rings. The molecule has 0 unspecified atom stereocenters. The SMILES string of the molecule is COc1cc(OC(F)(F)F)cc(C(F)F)c1. The number of benzene rings is 1. The van der Waals surface area contributed by atoms with Crippen LogP contribution in [0.4, 0.5) is 22.0 Å². The lowest BCUT2D eigenvalue weighted by molar-refractivity contribution is -0.274. The molecule has 0 aliphatic carbocycles. The van der Waals surface area contributed by atoms with Gasteiger partial charge in [0.1, 0.15) is 11.5 Å². The van der Waals surface area contributed by atoms with E-state index in [2.05, 4.69) is 9.47 Å². The van der Waals surface area contributed by atoms with E-state index in [0.29, 0.717) is 6.07 Å². The van der Waals surface area contributed by atoms with Gasteiger partial charge < -0.3 is 9.47 Å². The fraction of sp³-hybridized carbons (Fsp3) is 0.333. The molecular weight excluding hydrogens is 235 g/mol. The molecular formula is C9H7F5O2. The maximum Gasteiger partial charge on any atom is 0.573 e. The van der Waals surface area contributed by atoms with Crippen LogP contribution in [-0.2, 0) is 0 Å². The lowest BCUT2D eigenvalue weighted by Crippen LogP contribution is -2.17. The topological polar surface area (TPSA) is 18.5 Å². The van der Waals surface area contributed by atoms with Gasteiger partial charge in [0.05, 0.1) is 7.11 Å². The van der Waals surface area contributed by atoms with Gasteiger partial charge in [0.15, 0.2) is 0 Å². The van der Waals surface area contributed by atoms with Crippen LogP contribution < -0.4 is 9.47 Å². The minimum absolute atomic E-state index is 0.128. The van der Waals surface area contributed by atoms with E-state index < -0.39 is 24.1 Å². The smallest absolute Gasteiger partial charge is 0.497 e. The molecule has 16 heavy (non-hydrogen) atoms. The van der Waals surface area contributed by atoms with Crippen molar-refractivity contribution in [3.8, 4) is 11.5 Å². The highest BCUT2D eigenvalue weighted by molar-refractivity contribution is 5.39. The van der Waals surface area contributed by atoms with Gasteiger partial charge in [0.2, 0.25) is 0 Å². The van der Waals surface area contributed by atoms with Gasteiger partial charge in [-0.1, -0.05) is 0 Å². The zero-order valence-corrected chi connectivity index (χ0v) is 8.02. The number of ether oxygens (including phenoxy) is 2. The molecule has 0 N–H and O–H groups in total. The van der Waals surface area contributed by atoms with Crippen LogP contribution in [0.1, 0.15) is 12.0 Å². The number of hydrogen-bond donors (Lipinski definition) is 0. The Hall–Kier alpha value is -1.53. The van der Waals surface area contributed by atoms with E-state index in [1.165, 1.54) is 0 Å². The quantitative estimate of drug-likeness (QED) is 0.755. The molecule has 0 aromatic heterocycles. The molecule has 2 nitrogen and oxygen atoms in total. The Labute approximate surface area is 87.6 Å². The third kappa shape index (κ3) is 3.56. The van der Waals surface area contributed by atoms with Crippen LogP contribution >= 0.6 is 0 Å². The lowest BCUT2D eigenvalue weighted by atomic mass is 10.2. The fourth-order valence-electron chi connectivity index (χ4n) is 1.03. The fourth-order valence-corrected chi connectivity index (χ4v) is 1.03. The van der Waals surface area contributed by atoms with E-state index in [1.807, 2.05) is 0 Å². The normalized spacial score (nSPS) is 11.7. The van der Waals surface area contributed by atoms with Crippen molar-refractivity contribution in [1.82, 2.24) is 0 Å². The first-order valence-corrected chi connectivity index (χ1v) is 4.04. The molecule has 1 rings (SSSR count). The summed E-state index contributed by atoms with van der Waals surface area (Å²) >= 11 is 0. The van der Waals surface area contributed by atoms with Crippen molar-refractivity contribution in [1.29, 1.82) is 0 Å². The molecule has 7 heteroatoms. The second-order valence-electron chi connectivity index (χ2n) is 2.79. The molecule has 1 aromatic rings. The molecule has 90 valence electrons. The van der Waals surface area contributed by atoms with Crippen LogP contribution in [0, 0.1) is 0 Å². The van der Waals surface area contributed by atoms with Crippen molar-refractivity contribution in [2.75, 3.05) is 7.11 Å². The monoisotopic (exact) mass is 242 g/mol. The predicted molar refractivity (Wildman–Crippen MR) is 44.6 cm³/mol. The molecule has 0 aliphatic heterocycles. The highest BCUT2D eigenvalue weighted by atomic mass is 19.4. The van der Waals surface area contributed by atoms with Crippen molar-refractivity contribution in [2.24, 2.45) is 0 Å². The molecule has 0 saturated carbocycles. The van der Waals surface area contributed by atoms with E-state index in [-0.39, 0.29) is 5.75 Å². The van der Waals surface area contributed by atoms with Crippen LogP contribution in [0.15, 0.2) is 18.2 Å². The molecule has 0 amide bonds. The van der Waals surface area contributed by atoms with Crippen LogP contribution in [0.25, 0.3) is 0 Å². The van der Waals surface area contributed by atoms with Crippen molar-refractivity contribution >= 4 is 0 Å². The third-order valence-corrected chi connectivity index (χ3v) is 1.62. The summed E-state index contributed by atoms with van der Waals surface area (Å²) in [7, 11) is 1.15. The van der Waals surface area contributed by atoms with E-state index >= 15 is 0 Å². The Morgan fingerprint density at radius 3 is 2.06 bits per heavy atom. The summed E-state index contributed by atoms with van der Waals surface area (Å²) in [6.07, 6.45) is -7.82. The van der Waals surface area contributed by atoms with Crippen LogP contribution in [0.5, 0.6) is 11.5 Å². The third-order valence-electron chi connectivity index (χ3n) is 1.62. The van der Waals surface area contributed by atoms with Gasteiger partial charge in [-0.3, -0.25) is 0 Å². The summed E-state index contributed by atoms with van der Waals surface area (Å²) in [6.45, 7) is 0. The van der Waals surface area contributed by atoms with Crippen LogP contribution in [0.3, 0.4) is 0 Å². The molecule has 0 heterocycles. The van der Waals surface area contributed by atoms with Gasteiger partial charge in [0, 0.05) is 11.6 Å². The van der Waals surface area contributed by atoms with Gasteiger partial charge in [-0.2, -0.15) is 0 Å². The average molecular weight is 242 g/mol. The van der Waals surface area contributed by atoms with Gasteiger partial charge in [-0.25, -0.2) is 8.78 Å². The number of halogens is 5. The molecule has 0 bridgehead atoms. The summed E-state index contributed by atoms with van der Waals surface area (Å²) in [5, 5.41) is 0. The lowest BCUT2D eigenvalue weighted by Gasteiger charge is -2.11. The second kappa shape index (κ2) is 4.54. The summed E-state index contributed by atoms with van der Waals surface area (Å²) < 4.78 is 68.3. The Bertz CT molecular complexity index is 361. The summed E-state index contributed by atoms with van der Waals surface area (Å²) in [4.78, 5) is 0. The Balaban J connectivity index is 3.04. The molecule has 0 radical (unpaired) electrons. The number of hydrogen-bond acceptors (Lipinski definition) is 2. The number of alkyl halides is 5. The predicted octanol–water partition coefficient (Wildman–Crippen LogP) is 3.53. The highest BCUT2D eigenvalue weighted by Gasteiger charge is 2.31. The average Bonchev–Trinajstić information content (AvgIpc) is 2.14. The molecule has 0 atom stereocenters. The largest absolute Gasteiger partial charge is 0.573 e. The van der Waals surface area contributed by atoms with Gasteiger partial charge in [0.25, 0.3) is 6.43 Å². The van der Waals surface area contributed by atoms with E-state index in [9.17, 15) is 22.0 Å². The number of methoxy groups -OCH3 is 1. The Kier molecular flexibility index (Phi) is 3.56. The molecule has 0 saturated heterocycles. The summed E-state index contributed by atoms with van der Waals surface area (Å²) in [5.74, 6) is -0.862. The maximum absolute atomic E-state index is 12.3. The Morgan fingerprint density at radius 1 is 1.06 bits per heavy atom. The van der Waals surface area contributed by atoms with Crippen LogP contribution in [0.2, 0.25) is 0 Å².